The van der Waals surface area contributed by atoms with E-state index in [1.165, 1.54) is 5.39 Å². The quantitative estimate of drug-likeness (QED) is 0.157. The summed E-state index contributed by atoms with van der Waals surface area (Å²) in [6.07, 6.45) is 0. The summed E-state index contributed by atoms with van der Waals surface area (Å²) >= 11 is 0. The normalized spacial score (nSPS) is 11.3. The number of hydrogen-bond acceptors (Lipinski definition) is 3. The molecule has 1 heterocycles. The van der Waals surface area contributed by atoms with Gasteiger partial charge in [0.1, 0.15) is 11.2 Å². The van der Waals surface area contributed by atoms with Crippen molar-refractivity contribution >= 4 is 66.8 Å². The van der Waals surface area contributed by atoms with Crippen LogP contribution in [0.1, 0.15) is 0 Å². The van der Waals surface area contributed by atoms with Crippen LogP contribution in [0.5, 0.6) is 0 Å². The zero-order chi connectivity index (χ0) is 36.6. The maximum atomic E-state index is 6.83. The average molecular weight is 705 g/mol. The molecule has 0 fully saturated rings. The molecule has 0 N–H and O–H groups in total. The Labute approximate surface area is 320 Å². The van der Waals surface area contributed by atoms with E-state index in [0.717, 1.165) is 83.7 Å². The van der Waals surface area contributed by atoms with Crippen molar-refractivity contribution < 1.29 is 4.42 Å². The summed E-state index contributed by atoms with van der Waals surface area (Å²) in [5, 5.41) is 4.42. The molecule has 0 aliphatic carbocycles. The second-order valence-electron chi connectivity index (χ2n) is 13.7. The molecule has 0 atom stereocenters. The number of anilines is 6. The van der Waals surface area contributed by atoms with E-state index < -0.39 is 0 Å². The van der Waals surface area contributed by atoms with Crippen LogP contribution in [0.4, 0.5) is 34.1 Å². The Bertz CT molecular complexity index is 2920. The van der Waals surface area contributed by atoms with Gasteiger partial charge in [-0.05, 0) is 82.6 Å². The Morgan fingerprint density at radius 3 is 1.36 bits per heavy atom. The van der Waals surface area contributed by atoms with Crippen LogP contribution in [-0.4, -0.2) is 0 Å². The molecule has 3 heteroatoms. The van der Waals surface area contributed by atoms with Crippen molar-refractivity contribution in [3.63, 3.8) is 0 Å². The lowest BCUT2D eigenvalue weighted by Crippen LogP contribution is -2.18. The van der Waals surface area contributed by atoms with Gasteiger partial charge in [-0.15, -0.1) is 0 Å². The Morgan fingerprint density at radius 2 is 0.782 bits per heavy atom. The molecule has 260 valence electrons. The number of rotatable bonds is 8. The van der Waals surface area contributed by atoms with Crippen LogP contribution in [0.25, 0.3) is 55.0 Å². The number of furan rings is 1. The Kier molecular flexibility index (Phi) is 8.16. The second-order valence-corrected chi connectivity index (χ2v) is 13.7. The van der Waals surface area contributed by atoms with E-state index in [1.807, 2.05) is 0 Å². The standard InChI is InChI=1S/C52H36N2O/c1-5-19-37(20-6-1)43-29-15-17-31-46(43)53(41-25-9-3-10-26-41)48-33-34-49-51(45-35-39-23-13-14-24-40(39)36-50(45)55-49)52(48)54(42-27-11-4-12-28-42)47-32-18-16-30-44(47)38-21-7-2-8-22-38/h1-36H. The summed E-state index contributed by atoms with van der Waals surface area (Å²) in [4.78, 5) is 4.85. The van der Waals surface area contributed by atoms with Crippen LogP contribution in [0.2, 0.25) is 0 Å². The van der Waals surface area contributed by atoms with E-state index in [1.54, 1.807) is 0 Å². The highest BCUT2D eigenvalue weighted by Gasteiger charge is 2.29. The Morgan fingerprint density at radius 1 is 0.327 bits per heavy atom. The van der Waals surface area contributed by atoms with E-state index >= 15 is 0 Å². The zero-order valence-electron chi connectivity index (χ0n) is 30.1. The minimum atomic E-state index is 0.825. The molecule has 1 aromatic heterocycles. The third kappa shape index (κ3) is 5.80. The molecule has 0 saturated carbocycles. The first-order valence-corrected chi connectivity index (χ1v) is 18.7. The van der Waals surface area contributed by atoms with Crippen LogP contribution in [0.3, 0.4) is 0 Å². The molecule has 0 unspecified atom stereocenters. The van der Waals surface area contributed by atoms with Gasteiger partial charge in [-0.1, -0.05) is 158 Å². The molecule has 9 aromatic carbocycles. The molecule has 0 spiro atoms. The van der Waals surface area contributed by atoms with Crippen LogP contribution in [0.15, 0.2) is 223 Å². The smallest absolute Gasteiger partial charge is 0.137 e. The van der Waals surface area contributed by atoms with Gasteiger partial charge in [0, 0.05) is 27.9 Å². The van der Waals surface area contributed by atoms with Gasteiger partial charge in [-0.25, -0.2) is 0 Å². The van der Waals surface area contributed by atoms with Gasteiger partial charge in [-0.3, -0.25) is 0 Å². The Hall–Kier alpha value is -7.36. The van der Waals surface area contributed by atoms with E-state index in [2.05, 4.69) is 228 Å². The van der Waals surface area contributed by atoms with Gasteiger partial charge in [0.05, 0.1) is 28.1 Å². The largest absolute Gasteiger partial charge is 0.456 e. The average Bonchev–Trinajstić information content (AvgIpc) is 3.63. The third-order valence-electron chi connectivity index (χ3n) is 10.4. The van der Waals surface area contributed by atoms with Crippen LogP contribution in [0, 0.1) is 0 Å². The molecule has 10 rings (SSSR count). The SMILES string of the molecule is c1ccc(-c2ccccc2N(c2ccccc2)c2ccc3oc4cc5ccccc5cc4c3c2N(c2ccccc2)c2ccccc2-c2ccccc2)cc1. The van der Waals surface area contributed by atoms with Crippen molar-refractivity contribution in [3.8, 4) is 22.3 Å². The number of para-hydroxylation sites is 4. The monoisotopic (exact) mass is 704 g/mol. The number of benzene rings is 9. The maximum absolute atomic E-state index is 6.83. The van der Waals surface area contributed by atoms with Crippen LogP contribution in [-0.2, 0) is 0 Å². The van der Waals surface area contributed by atoms with Gasteiger partial charge >= 0.3 is 0 Å². The lowest BCUT2D eigenvalue weighted by molar-refractivity contribution is 0.669. The molecule has 0 aliphatic heterocycles. The molecule has 10 aromatic rings. The first-order valence-electron chi connectivity index (χ1n) is 18.7. The minimum absolute atomic E-state index is 0.825. The van der Waals surface area contributed by atoms with Crippen molar-refractivity contribution in [1.29, 1.82) is 0 Å². The van der Waals surface area contributed by atoms with Gasteiger partial charge in [0.25, 0.3) is 0 Å². The van der Waals surface area contributed by atoms with E-state index in [0.29, 0.717) is 0 Å². The van der Waals surface area contributed by atoms with E-state index in [4.69, 9.17) is 4.42 Å². The highest BCUT2D eigenvalue weighted by Crippen LogP contribution is 2.54. The summed E-state index contributed by atoms with van der Waals surface area (Å²) in [5.41, 5.74) is 12.5. The van der Waals surface area contributed by atoms with Gasteiger partial charge < -0.3 is 14.2 Å². The summed E-state index contributed by atoms with van der Waals surface area (Å²) in [6.45, 7) is 0. The fourth-order valence-corrected chi connectivity index (χ4v) is 7.94. The molecule has 3 nitrogen and oxygen atoms in total. The van der Waals surface area contributed by atoms with Gasteiger partial charge in [-0.2, -0.15) is 0 Å². The second kappa shape index (κ2) is 13.9. The minimum Gasteiger partial charge on any atom is -0.456 e. The predicted molar refractivity (Wildman–Crippen MR) is 231 cm³/mol. The first kappa shape index (κ1) is 32.3. The first-order chi connectivity index (χ1) is 27.3. The fraction of sp³-hybridized carbons (Fsp3) is 0. The summed E-state index contributed by atoms with van der Waals surface area (Å²) in [5.74, 6) is 0. The third-order valence-corrected chi connectivity index (χ3v) is 10.4. The number of nitrogens with zero attached hydrogens (tertiary/aromatic N) is 2. The number of hydrogen-bond donors (Lipinski definition) is 0. The molecule has 55 heavy (non-hydrogen) atoms. The molecule has 0 bridgehead atoms. The molecular formula is C52H36N2O. The number of fused-ring (bicyclic) bond motifs is 4. The molecule has 0 amide bonds. The summed E-state index contributed by atoms with van der Waals surface area (Å²) < 4.78 is 6.83. The summed E-state index contributed by atoms with van der Waals surface area (Å²) in [7, 11) is 0. The Balaban J connectivity index is 1.37. The molecular weight excluding hydrogens is 669 g/mol. The predicted octanol–water partition coefficient (Wildman–Crippen LogP) is 15.0. The lowest BCUT2D eigenvalue weighted by atomic mass is 9.98. The topological polar surface area (TPSA) is 19.6 Å². The van der Waals surface area contributed by atoms with Crippen molar-refractivity contribution in [1.82, 2.24) is 0 Å². The van der Waals surface area contributed by atoms with Crippen LogP contribution < -0.4 is 9.80 Å². The maximum Gasteiger partial charge on any atom is 0.137 e. The molecule has 0 saturated heterocycles. The van der Waals surface area contributed by atoms with Crippen molar-refractivity contribution in [2.24, 2.45) is 0 Å². The molecule has 0 radical (unpaired) electrons. The summed E-state index contributed by atoms with van der Waals surface area (Å²) in [6, 6.07) is 77.6. The molecule has 0 aliphatic rings. The fourth-order valence-electron chi connectivity index (χ4n) is 7.94. The van der Waals surface area contributed by atoms with E-state index in [-0.39, 0.29) is 0 Å². The van der Waals surface area contributed by atoms with Gasteiger partial charge in [0.15, 0.2) is 0 Å². The highest BCUT2D eigenvalue weighted by atomic mass is 16.3. The van der Waals surface area contributed by atoms with Crippen molar-refractivity contribution in [2.75, 3.05) is 9.80 Å². The highest BCUT2D eigenvalue weighted by molar-refractivity contribution is 6.20. The van der Waals surface area contributed by atoms with Crippen LogP contribution >= 0.6 is 0 Å². The van der Waals surface area contributed by atoms with Crippen molar-refractivity contribution in [2.45, 2.75) is 0 Å². The zero-order valence-corrected chi connectivity index (χ0v) is 30.1. The van der Waals surface area contributed by atoms with Crippen molar-refractivity contribution in [3.05, 3.63) is 218 Å². The van der Waals surface area contributed by atoms with Gasteiger partial charge in [0.2, 0.25) is 0 Å². The lowest BCUT2D eigenvalue weighted by Gasteiger charge is -2.35. The van der Waals surface area contributed by atoms with E-state index in [9.17, 15) is 0 Å².